The highest BCUT2D eigenvalue weighted by atomic mass is 32.1. The van der Waals surface area contributed by atoms with E-state index in [1.165, 1.54) is 12.1 Å². The van der Waals surface area contributed by atoms with E-state index in [-0.39, 0.29) is 5.75 Å². The van der Waals surface area contributed by atoms with Gasteiger partial charge in [-0.05, 0) is 48.5 Å². The summed E-state index contributed by atoms with van der Waals surface area (Å²) in [5.74, 6) is 0.113. The maximum Gasteiger partial charge on any atom is 0.387 e. The lowest BCUT2D eigenvalue weighted by molar-refractivity contribution is -0.0498. The molecule has 4 nitrogen and oxygen atoms in total. The monoisotopic (exact) mass is 301 g/mol. The van der Waals surface area contributed by atoms with Crippen molar-refractivity contribution in [3.63, 3.8) is 0 Å². The molecule has 0 saturated heterocycles. The first-order valence-electron chi connectivity index (χ1n) is 6.23. The predicted octanol–water partition coefficient (Wildman–Crippen LogP) is 2.89. The average Bonchev–Trinajstić information content (AvgIpc) is 2.40. The van der Waals surface area contributed by atoms with Gasteiger partial charge in [-0.2, -0.15) is 13.9 Å². The number of benzene rings is 1. The van der Waals surface area contributed by atoms with Crippen LogP contribution >= 0.6 is 12.2 Å². The summed E-state index contributed by atoms with van der Waals surface area (Å²) in [4.78, 5) is 0. The van der Waals surface area contributed by atoms with Crippen molar-refractivity contribution in [2.45, 2.75) is 26.4 Å². The molecule has 0 aliphatic heterocycles. The summed E-state index contributed by atoms with van der Waals surface area (Å²) < 4.78 is 28.2. The van der Waals surface area contributed by atoms with Crippen LogP contribution in [-0.2, 0) is 0 Å². The first kappa shape index (κ1) is 16.3. The Balaban J connectivity index is 2.36. The van der Waals surface area contributed by atoms with E-state index in [2.05, 4.69) is 27.5 Å². The van der Waals surface area contributed by atoms with Crippen LogP contribution < -0.4 is 15.5 Å². The van der Waals surface area contributed by atoms with Crippen LogP contribution in [0.2, 0.25) is 0 Å². The summed E-state index contributed by atoms with van der Waals surface area (Å²) in [6.45, 7) is 0.0812. The van der Waals surface area contributed by atoms with Crippen LogP contribution in [0.4, 0.5) is 8.78 Å². The lowest BCUT2D eigenvalue weighted by Gasteiger charge is -2.05. The SMILES string of the molecule is CCCCNC(=S)NN=Cc1ccc(OC(F)F)cc1. The van der Waals surface area contributed by atoms with Crippen LogP contribution in [0.3, 0.4) is 0 Å². The molecule has 1 rings (SSSR count). The fourth-order valence-electron chi connectivity index (χ4n) is 1.32. The van der Waals surface area contributed by atoms with Crippen molar-refractivity contribution in [1.82, 2.24) is 10.7 Å². The van der Waals surface area contributed by atoms with Crippen molar-refractivity contribution in [3.8, 4) is 5.75 Å². The molecule has 0 spiro atoms. The minimum absolute atomic E-state index is 0.113. The van der Waals surface area contributed by atoms with Gasteiger partial charge in [-0.25, -0.2) is 0 Å². The number of hydrogen-bond acceptors (Lipinski definition) is 3. The summed E-state index contributed by atoms with van der Waals surface area (Å²) in [5.41, 5.74) is 3.42. The Morgan fingerprint density at radius 2 is 2.10 bits per heavy atom. The second kappa shape index (κ2) is 9.19. The van der Waals surface area contributed by atoms with Gasteiger partial charge in [0.1, 0.15) is 5.75 Å². The first-order chi connectivity index (χ1) is 9.61. The third-order valence-corrected chi connectivity index (χ3v) is 2.54. The lowest BCUT2D eigenvalue weighted by Crippen LogP contribution is -2.32. The van der Waals surface area contributed by atoms with E-state index in [1.54, 1.807) is 18.3 Å². The van der Waals surface area contributed by atoms with Crippen molar-refractivity contribution in [3.05, 3.63) is 29.8 Å². The van der Waals surface area contributed by atoms with Crippen molar-refractivity contribution in [2.75, 3.05) is 6.54 Å². The molecule has 0 bridgehead atoms. The number of thiocarbonyl (C=S) groups is 1. The highest BCUT2D eigenvalue weighted by Crippen LogP contribution is 2.13. The first-order valence-corrected chi connectivity index (χ1v) is 6.64. The topological polar surface area (TPSA) is 45.7 Å². The van der Waals surface area contributed by atoms with Gasteiger partial charge >= 0.3 is 6.61 Å². The van der Waals surface area contributed by atoms with Gasteiger partial charge in [0, 0.05) is 6.54 Å². The zero-order valence-electron chi connectivity index (χ0n) is 11.1. The summed E-state index contributed by atoms with van der Waals surface area (Å²) in [5, 5.41) is 7.40. The van der Waals surface area contributed by atoms with Crippen molar-refractivity contribution >= 4 is 23.5 Å². The molecule has 2 N–H and O–H groups in total. The third kappa shape index (κ3) is 6.98. The standard InChI is InChI=1S/C13H17F2N3OS/c1-2-3-8-16-13(20)18-17-9-10-4-6-11(7-5-10)19-12(14)15/h4-7,9,12H,2-3,8H2,1H3,(H2,16,18,20). The highest BCUT2D eigenvalue weighted by Gasteiger charge is 2.02. The normalized spacial score (nSPS) is 10.8. The van der Waals surface area contributed by atoms with E-state index in [0.29, 0.717) is 5.11 Å². The second-order valence-corrected chi connectivity index (χ2v) is 4.34. The Morgan fingerprint density at radius 3 is 2.70 bits per heavy atom. The maximum absolute atomic E-state index is 12.0. The van der Waals surface area contributed by atoms with Gasteiger partial charge in [0.15, 0.2) is 5.11 Å². The molecule has 0 fully saturated rings. The molecule has 1 aromatic rings. The van der Waals surface area contributed by atoms with Crippen molar-refractivity contribution < 1.29 is 13.5 Å². The Labute approximate surface area is 122 Å². The van der Waals surface area contributed by atoms with E-state index < -0.39 is 6.61 Å². The van der Waals surface area contributed by atoms with E-state index in [9.17, 15) is 8.78 Å². The molecule has 0 aromatic heterocycles. The molecule has 0 radical (unpaired) electrons. The predicted molar refractivity (Wildman–Crippen MR) is 79.3 cm³/mol. The quantitative estimate of drug-likeness (QED) is 0.352. The van der Waals surface area contributed by atoms with Crippen LogP contribution in [0, 0.1) is 0 Å². The highest BCUT2D eigenvalue weighted by molar-refractivity contribution is 7.80. The van der Waals surface area contributed by atoms with Gasteiger partial charge in [0.05, 0.1) is 6.21 Å². The largest absolute Gasteiger partial charge is 0.435 e. The number of alkyl halides is 2. The van der Waals surface area contributed by atoms with E-state index in [4.69, 9.17) is 12.2 Å². The maximum atomic E-state index is 12.0. The molecule has 0 heterocycles. The number of halogens is 2. The molecule has 1 aromatic carbocycles. The van der Waals surface area contributed by atoms with Crippen molar-refractivity contribution in [2.24, 2.45) is 5.10 Å². The van der Waals surface area contributed by atoms with Crippen LogP contribution in [0.5, 0.6) is 5.75 Å². The molecule has 0 aliphatic carbocycles. The zero-order valence-corrected chi connectivity index (χ0v) is 11.9. The van der Waals surface area contributed by atoms with Gasteiger partial charge in [-0.1, -0.05) is 13.3 Å². The van der Waals surface area contributed by atoms with Gasteiger partial charge in [0.2, 0.25) is 0 Å². The summed E-state index contributed by atoms with van der Waals surface area (Å²) in [6, 6.07) is 6.14. The minimum atomic E-state index is -2.82. The smallest absolute Gasteiger partial charge is 0.387 e. The second-order valence-electron chi connectivity index (χ2n) is 3.93. The summed E-state index contributed by atoms with van der Waals surface area (Å²) in [7, 11) is 0. The molecular formula is C13H17F2N3OS. The Morgan fingerprint density at radius 1 is 1.40 bits per heavy atom. The molecule has 7 heteroatoms. The molecule has 110 valence electrons. The molecule has 20 heavy (non-hydrogen) atoms. The fourth-order valence-corrected chi connectivity index (χ4v) is 1.47. The van der Waals surface area contributed by atoms with Gasteiger partial charge in [0.25, 0.3) is 0 Å². The molecule has 0 aliphatic rings. The molecule has 0 atom stereocenters. The number of nitrogens with one attached hydrogen (secondary N) is 2. The molecule has 0 saturated carbocycles. The van der Waals surface area contributed by atoms with Crippen LogP contribution in [0.15, 0.2) is 29.4 Å². The Kier molecular flexibility index (Phi) is 7.49. The van der Waals surface area contributed by atoms with E-state index in [1.807, 2.05) is 0 Å². The molecule has 0 unspecified atom stereocenters. The Bertz CT molecular complexity index is 438. The van der Waals surface area contributed by atoms with Crippen LogP contribution in [0.25, 0.3) is 0 Å². The van der Waals surface area contributed by atoms with E-state index >= 15 is 0 Å². The number of rotatable bonds is 7. The summed E-state index contributed by atoms with van der Waals surface area (Å²) >= 11 is 5.01. The number of nitrogens with zero attached hydrogens (tertiary/aromatic N) is 1. The molecule has 0 amide bonds. The van der Waals surface area contributed by atoms with E-state index in [0.717, 1.165) is 24.9 Å². The van der Waals surface area contributed by atoms with Gasteiger partial charge < -0.3 is 10.1 Å². The number of hydrazone groups is 1. The number of unbranched alkanes of at least 4 members (excludes halogenated alkanes) is 1. The lowest BCUT2D eigenvalue weighted by atomic mass is 10.2. The number of ether oxygens (including phenoxy) is 1. The van der Waals surface area contributed by atoms with Crippen LogP contribution in [-0.4, -0.2) is 24.5 Å². The average molecular weight is 301 g/mol. The fraction of sp³-hybridized carbons (Fsp3) is 0.385. The number of hydrogen-bond donors (Lipinski definition) is 2. The van der Waals surface area contributed by atoms with Gasteiger partial charge in [-0.3, -0.25) is 5.43 Å². The zero-order chi connectivity index (χ0) is 14.8. The summed E-state index contributed by atoms with van der Waals surface area (Å²) in [6.07, 6.45) is 3.67. The van der Waals surface area contributed by atoms with Crippen molar-refractivity contribution in [1.29, 1.82) is 0 Å². The van der Waals surface area contributed by atoms with Crippen LogP contribution in [0.1, 0.15) is 25.3 Å². The van der Waals surface area contributed by atoms with Gasteiger partial charge in [-0.15, -0.1) is 0 Å². The Hall–Kier alpha value is -1.76. The molecular weight excluding hydrogens is 284 g/mol. The minimum Gasteiger partial charge on any atom is -0.435 e. The third-order valence-electron chi connectivity index (χ3n) is 2.30.